The van der Waals surface area contributed by atoms with Crippen LogP contribution in [-0.4, -0.2) is 12.2 Å². The van der Waals surface area contributed by atoms with Crippen molar-refractivity contribution < 1.29 is 9.53 Å². The van der Waals surface area contributed by atoms with Crippen LogP contribution < -0.4 is 5.32 Å². The van der Waals surface area contributed by atoms with Crippen molar-refractivity contribution >= 4 is 11.8 Å². The van der Waals surface area contributed by atoms with Crippen molar-refractivity contribution in [3.8, 4) is 0 Å². The van der Waals surface area contributed by atoms with Gasteiger partial charge in [0, 0.05) is 11.1 Å². The number of anilines is 1. The van der Waals surface area contributed by atoms with Gasteiger partial charge in [0.1, 0.15) is 6.10 Å². The fourth-order valence-electron chi connectivity index (χ4n) is 4.11. The standard InChI is InChI=1S/C17H23NO2/c1-16(2)12-9-10-17(16,3)14(11-12)20-15(19)18-13-7-5-4-6-8-13/h4-8,12,14H,9-11H2,1-3H3,(H,18,19)/t12-,14-,17+/m1/s1. The van der Waals surface area contributed by atoms with Crippen LogP contribution in [0.3, 0.4) is 0 Å². The molecule has 1 aromatic rings. The fraction of sp³-hybridized carbons (Fsp3) is 0.588. The zero-order chi connectivity index (χ0) is 14.4. The van der Waals surface area contributed by atoms with Crippen molar-refractivity contribution in [1.29, 1.82) is 0 Å². The number of carbonyl (C=O) groups excluding carboxylic acids is 1. The molecule has 2 fully saturated rings. The van der Waals surface area contributed by atoms with Gasteiger partial charge in [-0.25, -0.2) is 4.79 Å². The van der Waals surface area contributed by atoms with Gasteiger partial charge in [0.25, 0.3) is 0 Å². The van der Waals surface area contributed by atoms with Crippen molar-refractivity contribution in [3.63, 3.8) is 0 Å². The summed E-state index contributed by atoms with van der Waals surface area (Å²) in [5, 5.41) is 2.81. The van der Waals surface area contributed by atoms with Crippen LogP contribution in [0.1, 0.15) is 40.0 Å². The first-order valence-corrected chi connectivity index (χ1v) is 7.46. The van der Waals surface area contributed by atoms with Crippen LogP contribution in [0, 0.1) is 16.7 Å². The number of fused-ring (bicyclic) bond motifs is 2. The molecule has 3 heteroatoms. The first kappa shape index (κ1) is 13.5. The summed E-state index contributed by atoms with van der Waals surface area (Å²) in [5.41, 5.74) is 1.17. The van der Waals surface area contributed by atoms with Crippen LogP contribution in [0.2, 0.25) is 0 Å². The van der Waals surface area contributed by atoms with E-state index in [2.05, 4.69) is 26.1 Å². The fourth-order valence-corrected chi connectivity index (χ4v) is 4.11. The number of rotatable bonds is 2. The molecule has 0 unspecified atom stereocenters. The van der Waals surface area contributed by atoms with E-state index in [-0.39, 0.29) is 23.0 Å². The van der Waals surface area contributed by atoms with E-state index in [9.17, 15) is 4.79 Å². The maximum Gasteiger partial charge on any atom is 0.411 e. The summed E-state index contributed by atoms with van der Waals surface area (Å²) in [6, 6.07) is 9.46. The third kappa shape index (κ3) is 1.91. The number of benzene rings is 1. The van der Waals surface area contributed by atoms with Gasteiger partial charge in [0.2, 0.25) is 0 Å². The Kier molecular flexibility index (Phi) is 3.03. The molecule has 0 aromatic heterocycles. The number of para-hydroxylation sites is 1. The minimum absolute atomic E-state index is 0.0416. The van der Waals surface area contributed by atoms with Gasteiger partial charge in [-0.3, -0.25) is 5.32 Å². The molecule has 2 aliphatic rings. The molecule has 3 nitrogen and oxygen atoms in total. The van der Waals surface area contributed by atoms with E-state index in [4.69, 9.17) is 4.74 Å². The van der Waals surface area contributed by atoms with E-state index >= 15 is 0 Å². The molecule has 0 heterocycles. The van der Waals surface area contributed by atoms with Crippen molar-refractivity contribution in [2.24, 2.45) is 16.7 Å². The highest BCUT2D eigenvalue weighted by molar-refractivity contribution is 5.84. The second-order valence-electron chi connectivity index (χ2n) is 7.00. The normalized spacial score (nSPS) is 34.0. The highest BCUT2D eigenvalue weighted by Crippen LogP contribution is 2.66. The Morgan fingerprint density at radius 3 is 2.50 bits per heavy atom. The third-order valence-electron chi connectivity index (χ3n) is 5.98. The average Bonchev–Trinajstić information content (AvgIpc) is 2.73. The van der Waals surface area contributed by atoms with Crippen LogP contribution in [0.15, 0.2) is 30.3 Å². The molecule has 0 aliphatic heterocycles. The molecule has 0 saturated heterocycles. The predicted octanol–water partition coefficient (Wildman–Crippen LogP) is 4.45. The topological polar surface area (TPSA) is 38.3 Å². The molecular weight excluding hydrogens is 250 g/mol. The molecule has 1 aromatic carbocycles. The molecule has 2 bridgehead atoms. The lowest BCUT2D eigenvalue weighted by Crippen LogP contribution is -2.39. The zero-order valence-corrected chi connectivity index (χ0v) is 12.5. The van der Waals surface area contributed by atoms with Crippen molar-refractivity contribution in [2.75, 3.05) is 5.32 Å². The number of carbonyl (C=O) groups is 1. The van der Waals surface area contributed by atoms with Crippen molar-refractivity contribution in [1.82, 2.24) is 0 Å². The van der Waals surface area contributed by atoms with Crippen molar-refractivity contribution in [2.45, 2.75) is 46.1 Å². The lowest BCUT2D eigenvalue weighted by molar-refractivity contribution is 0.00148. The van der Waals surface area contributed by atoms with E-state index in [0.717, 1.165) is 18.5 Å². The summed E-state index contributed by atoms with van der Waals surface area (Å²) in [6.45, 7) is 6.92. The Hall–Kier alpha value is -1.51. The van der Waals surface area contributed by atoms with Crippen LogP contribution >= 0.6 is 0 Å². The molecule has 3 atom stereocenters. The minimum Gasteiger partial charge on any atom is -0.445 e. The molecule has 1 amide bonds. The highest BCUT2D eigenvalue weighted by atomic mass is 16.6. The molecule has 1 N–H and O–H groups in total. The Morgan fingerprint density at radius 1 is 1.25 bits per heavy atom. The summed E-state index contributed by atoms with van der Waals surface area (Å²) in [4.78, 5) is 12.1. The van der Waals surface area contributed by atoms with Crippen LogP contribution in [-0.2, 0) is 4.74 Å². The van der Waals surface area contributed by atoms with Gasteiger partial charge in [-0.05, 0) is 42.7 Å². The Balaban J connectivity index is 1.66. The summed E-state index contributed by atoms with van der Waals surface area (Å²) in [5.74, 6) is 0.682. The molecule has 20 heavy (non-hydrogen) atoms. The molecule has 0 radical (unpaired) electrons. The second-order valence-corrected chi connectivity index (χ2v) is 7.00. The van der Waals surface area contributed by atoms with E-state index in [1.54, 1.807) is 0 Å². The van der Waals surface area contributed by atoms with E-state index in [1.807, 2.05) is 30.3 Å². The van der Waals surface area contributed by atoms with Gasteiger partial charge in [0.05, 0.1) is 0 Å². The van der Waals surface area contributed by atoms with E-state index in [1.165, 1.54) is 6.42 Å². The van der Waals surface area contributed by atoms with Gasteiger partial charge in [-0.1, -0.05) is 39.0 Å². The molecule has 2 saturated carbocycles. The Morgan fingerprint density at radius 2 is 1.95 bits per heavy atom. The van der Waals surface area contributed by atoms with E-state index in [0.29, 0.717) is 5.92 Å². The van der Waals surface area contributed by atoms with Crippen LogP contribution in [0.5, 0.6) is 0 Å². The van der Waals surface area contributed by atoms with Gasteiger partial charge in [-0.2, -0.15) is 0 Å². The lowest BCUT2D eigenvalue weighted by Gasteiger charge is -2.38. The minimum atomic E-state index is -0.328. The predicted molar refractivity (Wildman–Crippen MR) is 79.6 cm³/mol. The van der Waals surface area contributed by atoms with Gasteiger partial charge >= 0.3 is 6.09 Å². The molecular formula is C17H23NO2. The SMILES string of the molecule is CC1(C)[C@@H]2CC[C@@]1(C)[C@H](OC(=O)Nc1ccccc1)C2. The summed E-state index contributed by atoms with van der Waals surface area (Å²) in [6.07, 6.45) is 3.15. The first-order chi connectivity index (χ1) is 9.43. The number of amides is 1. The van der Waals surface area contributed by atoms with Crippen LogP contribution in [0.25, 0.3) is 0 Å². The lowest BCUT2D eigenvalue weighted by atomic mass is 9.70. The highest BCUT2D eigenvalue weighted by Gasteiger charge is 2.62. The largest absolute Gasteiger partial charge is 0.445 e. The Bertz CT molecular complexity index is 511. The molecule has 0 spiro atoms. The maximum atomic E-state index is 12.1. The smallest absolute Gasteiger partial charge is 0.411 e. The second kappa shape index (κ2) is 4.51. The quantitative estimate of drug-likeness (QED) is 0.864. The van der Waals surface area contributed by atoms with Gasteiger partial charge in [-0.15, -0.1) is 0 Å². The zero-order valence-electron chi connectivity index (χ0n) is 12.5. The van der Waals surface area contributed by atoms with Crippen molar-refractivity contribution in [3.05, 3.63) is 30.3 Å². The number of nitrogens with one attached hydrogen (secondary N) is 1. The van der Waals surface area contributed by atoms with Crippen LogP contribution in [0.4, 0.5) is 10.5 Å². The van der Waals surface area contributed by atoms with Gasteiger partial charge < -0.3 is 4.74 Å². The van der Waals surface area contributed by atoms with E-state index < -0.39 is 0 Å². The number of ether oxygens (including phenoxy) is 1. The Labute approximate surface area is 120 Å². The third-order valence-corrected chi connectivity index (χ3v) is 5.98. The first-order valence-electron chi connectivity index (χ1n) is 7.46. The molecule has 108 valence electrons. The number of hydrogen-bond acceptors (Lipinski definition) is 2. The monoisotopic (exact) mass is 273 g/mol. The maximum absolute atomic E-state index is 12.1. The van der Waals surface area contributed by atoms with Gasteiger partial charge in [0.15, 0.2) is 0 Å². The molecule has 2 aliphatic carbocycles. The summed E-state index contributed by atoms with van der Waals surface area (Å²) < 4.78 is 5.74. The molecule has 3 rings (SSSR count). The summed E-state index contributed by atoms with van der Waals surface area (Å²) in [7, 11) is 0. The summed E-state index contributed by atoms with van der Waals surface area (Å²) >= 11 is 0. The number of hydrogen-bond donors (Lipinski definition) is 1. The average molecular weight is 273 g/mol.